The van der Waals surface area contributed by atoms with Gasteiger partial charge in [0.1, 0.15) is 5.75 Å². The second kappa shape index (κ2) is 3.06. The number of phenolic OH excluding ortho intramolecular Hbond substituents is 1. The Balaban J connectivity index is 2.66. The maximum Gasteiger partial charge on any atom is 0.283 e. The summed E-state index contributed by atoms with van der Waals surface area (Å²) in [7, 11) is 0. The lowest BCUT2D eigenvalue weighted by molar-refractivity contribution is 0.420. The average Bonchev–Trinajstić information content (AvgIpc) is 2.49. The van der Waals surface area contributed by atoms with E-state index in [2.05, 4.69) is 5.16 Å². The van der Waals surface area contributed by atoms with E-state index in [-0.39, 0.29) is 11.3 Å². The molecule has 0 aliphatic carbocycles. The first kappa shape index (κ1) is 8.62. The van der Waals surface area contributed by atoms with Crippen LogP contribution in [0.5, 0.6) is 5.75 Å². The number of rotatable bonds is 1. The van der Waals surface area contributed by atoms with Gasteiger partial charge in [0.25, 0.3) is 5.56 Å². The number of benzene rings is 1. The number of aromatic amines is 1. The fraction of sp³-hybridized carbons (Fsp3) is 0.100. The van der Waals surface area contributed by atoms with Crippen molar-refractivity contribution < 1.29 is 9.63 Å². The minimum absolute atomic E-state index is 0.0957. The van der Waals surface area contributed by atoms with E-state index in [9.17, 15) is 9.90 Å². The van der Waals surface area contributed by atoms with Crippen molar-refractivity contribution >= 4 is 0 Å². The summed E-state index contributed by atoms with van der Waals surface area (Å²) in [6.45, 7) is 1.64. The van der Waals surface area contributed by atoms with E-state index in [1.165, 1.54) is 0 Å². The maximum atomic E-state index is 11.1. The van der Waals surface area contributed by atoms with Gasteiger partial charge in [-0.1, -0.05) is 12.1 Å². The number of phenols is 1. The number of para-hydroxylation sites is 1. The van der Waals surface area contributed by atoms with Crippen LogP contribution in [0.1, 0.15) is 5.56 Å². The van der Waals surface area contributed by atoms with Crippen molar-refractivity contribution in [2.75, 3.05) is 0 Å². The minimum Gasteiger partial charge on any atom is -0.507 e. The molecule has 0 saturated heterocycles. The third-order valence-corrected chi connectivity index (χ3v) is 2.08. The Morgan fingerprint density at radius 3 is 2.64 bits per heavy atom. The number of hydrogen-bond donors (Lipinski definition) is 2. The van der Waals surface area contributed by atoms with E-state index in [4.69, 9.17) is 4.52 Å². The highest BCUT2D eigenvalue weighted by atomic mass is 16.5. The van der Waals surface area contributed by atoms with Gasteiger partial charge in [-0.25, -0.2) is 0 Å². The predicted octanol–water partition coefficient (Wildman–Crippen LogP) is 1.65. The molecule has 2 N–H and O–H groups in total. The third kappa shape index (κ3) is 1.21. The van der Waals surface area contributed by atoms with Crippen LogP contribution in [0.2, 0.25) is 0 Å². The van der Waals surface area contributed by atoms with Crippen LogP contribution in [0.25, 0.3) is 11.3 Å². The van der Waals surface area contributed by atoms with Gasteiger partial charge in [-0.2, -0.15) is 5.16 Å². The maximum absolute atomic E-state index is 11.1. The van der Waals surface area contributed by atoms with E-state index >= 15 is 0 Å². The molecule has 14 heavy (non-hydrogen) atoms. The van der Waals surface area contributed by atoms with Crippen molar-refractivity contribution in [3.8, 4) is 17.1 Å². The summed E-state index contributed by atoms with van der Waals surface area (Å²) in [5.74, 6) is 0.478. The van der Waals surface area contributed by atoms with E-state index in [0.717, 1.165) is 0 Å². The SMILES string of the molecule is Cc1c(-c2ccccc2O)o[nH]c1=O. The standard InChI is InChI=1S/C10H9NO3/c1-6-9(14-11-10(6)13)7-4-2-3-5-8(7)12/h2-5,12H,1H3,(H,11,13). The van der Waals surface area contributed by atoms with Gasteiger partial charge in [0, 0.05) is 0 Å². The Morgan fingerprint density at radius 2 is 2.07 bits per heavy atom. The van der Waals surface area contributed by atoms with Gasteiger partial charge in [0.15, 0.2) is 5.76 Å². The first-order valence-corrected chi connectivity index (χ1v) is 4.16. The lowest BCUT2D eigenvalue weighted by atomic mass is 10.1. The Labute approximate surface area is 79.8 Å². The molecule has 0 aliphatic heterocycles. The van der Waals surface area contributed by atoms with Crippen LogP contribution >= 0.6 is 0 Å². The van der Waals surface area contributed by atoms with Gasteiger partial charge in [-0.3, -0.25) is 4.79 Å². The molecule has 1 aromatic heterocycles. The monoisotopic (exact) mass is 191 g/mol. The summed E-state index contributed by atoms with van der Waals surface area (Å²) in [5, 5.41) is 11.7. The van der Waals surface area contributed by atoms with Crippen molar-refractivity contribution in [1.29, 1.82) is 0 Å². The molecule has 0 bridgehead atoms. The molecule has 2 rings (SSSR count). The topological polar surface area (TPSA) is 66.2 Å². The Bertz CT molecular complexity index is 510. The van der Waals surface area contributed by atoms with Crippen molar-refractivity contribution in [1.82, 2.24) is 5.16 Å². The Hall–Kier alpha value is -1.97. The molecule has 0 fully saturated rings. The van der Waals surface area contributed by atoms with Crippen molar-refractivity contribution in [3.63, 3.8) is 0 Å². The summed E-state index contributed by atoms with van der Waals surface area (Å²) in [4.78, 5) is 11.1. The van der Waals surface area contributed by atoms with E-state index in [1.54, 1.807) is 31.2 Å². The zero-order valence-corrected chi connectivity index (χ0v) is 7.57. The van der Waals surface area contributed by atoms with Crippen molar-refractivity contribution in [2.24, 2.45) is 0 Å². The molecular weight excluding hydrogens is 182 g/mol. The molecule has 0 radical (unpaired) electrons. The molecule has 0 spiro atoms. The smallest absolute Gasteiger partial charge is 0.283 e. The molecule has 2 aromatic rings. The Morgan fingerprint density at radius 1 is 1.36 bits per heavy atom. The van der Waals surface area contributed by atoms with E-state index in [0.29, 0.717) is 16.9 Å². The zero-order chi connectivity index (χ0) is 10.1. The highest BCUT2D eigenvalue weighted by molar-refractivity contribution is 5.67. The molecule has 0 aliphatic rings. The van der Waals surface area contributed by atoms with Crippen LogP contribution in [0.15, 0.2) is 33.6 Å². The highest BCUT2D eigenvalue weighted by Gasteiger charge is 2.12. The van der Waals surface area contributed by atoms with Crippen LogP contribution in [0.3, 0.4) is 0 Å². The molecule has 0 atom stereocenters. The molecule has 4 heteroatoms. The average molecular weight is 191 g/mol. The molecule has 1 aromatic carbocycles. The van der Waals surface area contributed by atoms with Crippen molar-refractivity contribution in [3.05, 3.63) is 40.2 Å². The summed E-state index contributed by atoms with van der Waals surface area (Å²) in [6.07, 6.45) is 0. The number of hydrogen-bond acceptors (Lipinski definition) is 3. The first-order chi connectivity index (χ1) is 6.70. The van der Waals surface area contributed by atoms with Crippen LogP contribution in [-0.4, -0.2) is 10.3 Å². The third-order valence-electron chi connectivity index (χ3n) is 2.08. The molecule has 4 nitrogen and oxygen atoms in total. The molecule has 1 heterocycles. The largest absolute Gasteiger partial charge is 0.507 e. The van der Waals surface area contributed by atoms with Gasteiger partial charge >= 0.3 is 0 Å². The fourth-order valence-electron chi connectivity index (χ4n) is 1.28. The van der Waals surface area contributed by atoms with Gasteiger partial charge in [0.2, 0.25) is 0 Å². The number of aromatic hydroxyl groups is 1. The number of H-pyrrole nitrogens is 1. The lowest BCUT2D eigenvalue weighted by Gasteiger charge is -1.99. The quantitative estimate of drug-likeness (QED) is 0.720. The van der Waals surface area contributed by atoms with Crippen LogP contribution in [0.4, 0.5) is 0 Å². The molecular formula is C10H9NO3. The second-order valence-electron chi connectivity index (χ2n) is 3.00. The summed E-state index contributed by atoms with van der Waals surface area (Å²) >= 11 is 0. The summed E-state index contributed by atoms with van der Waals surface area (Å²) in [6, 6.07) is 6.70. The molecule has 0 amide bonds. The summed E-state index contributed by atoms with van der Waals surface area (Å²) in [5.41, 5.74) is 0.707. The first-order valence-electron chi connectivity index (χ1n) is 4.16. The van der Waals surface area contributed by atoms with Gasteiger partial charge in [-0.05, 0) is 19.1 Å². The molecule has 0 saturated carbocycles. The van der Waals surface area contributed by atoms with Crippen LogP contribution in [0, 0.1) is 6.92 Å². The van der Waals surface area contributed by atoms with Crippen LogP contribution < -0.4 is 5.56 Å². The predicted molar refractivity (Wildman–Crippen MR) is 51.2 cm³/mol. The lowest BCUT2D eigenvalue weighted by Crippen LogP contribution is -2.00. The Kier molecular flexibility index (Phi) is 1.89. The van der Waals surface area contributed by atoms with Crippen molar-refractivity contribution in [2.45, 2.75) is 6.92 Å². The second-order valence-corrected chi connectivity index (χ2v) is 3.00. The molecule has 0 unspecified atom stereocenters. The highest BCUT2D eigenvalue weighted by Crippen LogP contribution is 2.29. The normalized spacial score (nSPS) is 10.4. The van der Waals surface area contributed by atoms with Gasteiger partial charge in [0.05, 0.1) is 11.1 Å². The van der Waals surface area contributed by atoms with Gasteiger partial charge in [-0.15, -0.1) is 0 Å². The molecule has 72 valence electrons. The minimum atomic E-state index is -0.275. The summed E-state index contributed by atoms with van der Waals surface area (Å²) < 4.78 is 4.96. The van der Waals surface area contributed by atoms with E-state index < -0.39 is 0 Å². The van der Waals surface area contributed by atoms with Gasteiger partial charge < -0.3 is 9.63 Å². The number of aromatic nitrogens is 1. The number of nitrogens with one attached hydrogen (secondary N) is 1. The zero-order valence-electron chi connectivity index (χ0n) is 7.57. The fourth-order valence-corrected chi connectivity index (χ4v) is 1.28. The van der Waals surface area contributed by atoms with Crippen LogP contribution in [-0.2, 0) is 0 Å². The van der Waals surface area contributed by atoms with E-state index in [1.807, 2.05) is 0 Å².